The van der Waals surface area contributed by atoms with E-state index in [1.807, 2.05) is 52.8 Å². The summed E-state index contributed by atoms with van der Waals surface area (Å²) >= 11 is 1.39. The van der Waals surface area contributed by atoms with Crippen molar-refractivity contribution in [1.82, 2.24) is 19.7 Å². The number of carbonyl (C=O) groups is 1. The lowest BCUT2D eigenvalue weighted by Crippen LogP contribution is -2.41. The van der Waals surface area contributed by atoms with Crippen molar-refractivity contribution in [2.24, 2.45) is 0 Å². The van der Waals surface area contributed by atoms with Gasteiger partial charge in [-0.25, -0.2) is 0 Å². The van der Waals surface area contributed by atoms with Crippen LogP contribution in [-0.4, -0.2) is 64.7 Å². The lowest BCUT2D eigenvalue weighted by atomic mass is 10.1. The van der Waals surface area contributed by atoms with E-state index in [1.54, 1.807) is 7.11 Å². The van der Waals surface area contributed by atoms with Crippen LogP contribution >= 0.6 is 11.8 Å². The summed E-state index contributed by atoms with van der Waals surface area (Å²) in [4.78, 5) is 14.5. The molecule has 1 fully saturated rings. The molecular formula is C22H24N4O3S. The number of hydrogen-bond acceptors (Lipinski definition) is 6. The van der Waals surface area contributed by atoms with E-state index in [0.29, 0.717) is 43.0 Å². The van der Waals surface area contributed by atoms with Gasteiger partial charge >= 0.3 is 0 Å². The summed E-state index contributed by atoms with van der Waals surface area (Å²) in [5.74, 6) is 1.79. The molecule has 1 aromatic heterocycles. The number of thioether (sulfide) groups is 1. The molecule has 4 rings (SSSR count). The summed E-state index contributed by atoms with van der Waals surface area (Å²) in [7, 11) is 1.64. The number of nitrogens with zero attached hydrogens (tertiary/aromatic N) is 4. The largest absolute Gasteiger partial charge is 0.496 e. The van der Waals surface area contributed by atoms with Crippen molar-refractivity contribution >= 4 is 17.7 Å². The van der Waals surface area contributed by atoms with Gasteiger partial charge in [-0.1, -0.05) is 41.6 Å². The molecule has 0 N–H and O–H groups in total. The highest BCUT2D eigenvalue weighted by Gasteiger charge is 2.22. The van der Waals surface area contributed by atoms with Gasteiger partial charge in [0.05, 0.1) is 31.6 Å². The van der Waals surface area contributed by atoms with Crippen molar-refractivity contribution in [2.45, 2.75) is 12.1 Å². The maximum Gasteiger partial charge on any atom is 0.233 e. The summed E-state index contributed by atoms with van der Waals surface area (Å²) in [6, 6.07) is 15.9. The van der Waals surface area contributed by atoms with Crippen molar-refractivity contribution in [3.63, 3.8) is 0 Å². The lowest BCUT2D eigenvalue weighted by Gasteiger charge is -2.26. The molecule has 3 aromatic rings. The zero-order valence-corrected chi connectivity index (χ0v) is 17.9. The Balaban J connectivity index is 1.67. The SMILES string of the molecule is COc1ccccc1-c1nnc(SCC(=O)N2CCOCC2)n1-c1ccc(C)cc1. The molecule has 2 aromatic carbocycles. The van der Waals surface area contributed by atoms with Gasteiger partial charge in [0, 0.05) is 18.8 Å². The van der Waals surface area contributed by atoms with E-state index in [2.05, 4.69) is 22.3 Å². The number of aryl methyl sites for hydroxylation is 1. The Morgan fingerprint density at radius 3 is 2.57 bits per heavy atom. The minimum absolute atomic E-state index is 0.0839. The summed E-state index contributed by atoms with van der Waals surface area (Å²) in [5, 5.41) is 9.53. The van der Waals surface area contributed by atoms with E-state index in [4.69, 9.17) is 9.47 Å². The number of benzene rings is 2. The number of carbonyl (C=O) groups excluding carboxylic acids is 1. The Kier molecular flexibility index (Phi) is 6.35. The van der Waals surface area contributed by atoms with E-state index in [1.165, 1.54) is 17.3 Å². The molecule has 7 nitrogen and oxygen atoms in total. The molecule has 0 unspecified atom stereocenters. The monoisotopic (exact) mass is 424 g/mol. The summed E-state index contributed by atoms with van der Waals surface area (Å²) in [6.07, 6.45) is 0. The fraction of sp³-hybridized carbons (Fsp3) is 0.318. The van der Waals surface area contributed by atoms with Crippen molar-refractivity contribution in [3.05, 3.63) is 54.1 Å². The molecule has 8 heteroatoms. The van der Waals surface area contributed by atoms with Crippen LogP contribution in [0.3, 0.4) is 0 Å². The average Bonchev–Trinajstić information content (AvgIpc) is 3.22. The van der Waals surface area contributed by atoms with Gasteiger partial charge in [0.2, 0.25) is 5.91 Å². The van der Waals surface area contributed by atoms with Gasteiger partial charge in [0.1, 0.15) is 5.75 Å². The zero-order chi connectivity index (χ0) is 20.9. The van der Waals surface area contributed by atoms with E-state index in [9.17, 15) is 4.79 Å². The number of morpholine rings is 1. The third kappa shape index (κ3) is 4.34. The molecule has 1 amide bonds. The van der Waals surface area contributed by atoms with Crippen molar-refractivity contribution < 1.29 is 14.3 Å². The number of hydrogen-bond donors (Lipinski definition) is 0. The second kappa shape index (κ2) is 9.32. The zero-order valence-electron chi connectivity index (χ0n) is 17.1. The predicted molar refractivity (Wildman–Crippen MR) is 116 cm³/mol. The molecule has 0 radical (unpaired) electrons. The first-order chi connectivity index (χ1) is 14.7. The van der Waals surface area contributed by atoms with Gasteiger partial charge in [-0.2, -0.15) is 0 Å². The number of methoxy groups -OCH3 is 1. The third-order valence-electron chi connectivity index (χ3n) is 4.96. The highest BCUT2D eigenvalue weighted by molar-refractivity contribution is 7.99. The highest BCUT2D eigenvalue weighted by Crippen LogP contribution is 2.33. The van der Waals surface area contributed by atoms with E-state index >= 15 is 0 Å². The van der Waals surface area contributed by atoms with Crippen LogP contribution < -0.4 is 4.74 Å². The highest BCUT2D eigenvalue weighted by atomic mass is 32.2. The van der Waals surface area contributed by atoms with Crippen molar-refractivity contribution in [3.8, 4) is 22.8 Å². The Morgan fingerprint density at radius 2 is 1.83 bits per heavy atom. The fourth-order valence-electron chi connectivity index (χ4n) is 3.32. The van der Waals surface area contributed by atoms with E-state index < -0.39 is 0 Å². The Bertz CT molecular complexity index is 1010. The molecular weight excluding hydrogens is 400 g/mol. The topological polar surface area (TPSA) is 69.5 Å². The average molecular weight is 425 g/mol. The summed E-state index contributed by atoms with van der Waals surface area (Å²) < 4.78 is 12.9. The van der Waals surface area contributed by atoms with Crippen molar-refractivity contribution in [1.29, 1.82) is 0 Å². The minimum atomic E-state index is 0.0839. The van der Waals surface area contributed by atoms with Gasteiger partial charge < -0.3 is 14.4 Å². The van der Waals surface area contributed by atoms with Crippen LogP contribution in [0.25, 0.3) is 17.1 Å². The standard InChI is InChI=1S/C22H24N4O3S/c1-16-7-9-17(10-8-16)26-21(18-5-3-4-6-19(18)28-2)23-24-22(26)30-15-20(27)25-11-13-29-14-12-25/h3-10H,11-15H2,1-2H3. The summed E-state index contributed by atoms with van der Waals surface area (Å²) in [5.41, 5.74) is 2.95. The molecule has 0 spiro atoms. The van der Waals surface area contributed by atoms with Crippen LogP contribution in [0.5, 0.6) is 5.75 Å². The van der Waals surface area contributed by atoms with Crippen molar-refractivity contribution in [2.75, 3.05) is 39.2 Å². The van der Waals surface area contributed by atoms with E-state index in [0.717, 1.165) is 17.0 Å². The smallest absolute Gasteiger partial charge is 0.233 e. The number of ether oxygens (including phenoxy) is 2. The van der Waals surface area contributed by atoms with Crippen LogP contribution in [0.15, 0.2) is 53.7 Å². The fourth-order valence-corrected chi connectivity index (χ4v) is 4.18. The van der Waals surface area contributed by atoms with Gasteiger partial charge in [-0.15, -0.1) is 10.2 Å². The maximum absolute atomic E-state index is 12.6. The minimum Gasteiger partial charge on any atom is -0.496 e. The van der Waals surface area contributed by atoms with Crippen LogP contribution in [0.1, 0.15) is 5.56 Å². The molecule has 0 atom stereocenters. The maximum atomic E-state index is 12.6. The van der Waals surface area contributed by atoms with E-state index in [-0.39, 0.29) is 5.91 Å². The first-order valence-corrected chi connectivity index (χ1v) is 10.8. The van der Waals surface area contributed by atoms with Gasteiger partial charge in [-0.3, -0.25) is 9.36 Å². The molecule has 0 aliphatic carbocycles. The molecule has 1 aliphatic heterocycles. The molecule has 1 saturated heterocycles. The van der Waals surface area contributed by atoms with Crippen LogP contribution in [-0.2, 0) is 9.53 Å². The van der Waals surface area contributed by atoms with Crippen LogP contribution in [0.4, 0.5) is 0 Å². The lowest BCUT2D eigenvalue weighted by molar-refractivity contribution is -0.132. The molecule has 0 bridgehead atoms. The first kappa shape index (κ1) is 20.4. The molecule has 1 aliphatic rings. The molecule has 30 heavy (non-hydrogen) atoms. The number of amides is 1. The first-order valence-electron chi connectivity index (χ1n) is 9.81. The molecule has 0 saturated carbocycles. The number of rotatable bonds is 6. The predicted octanol–water partition coefficient (Wildman–Crippen LogP) is 3.20. The second-order valence-electron chi connectivity index (χ2n) is 6.96. The Morgan fingerprint density at radius 1 is 1.10 bits per heavy atom. The summed E-state index contributed by atoms with van der Waals surface area (Å²) in [6.45, 7) is 4.50. The Labute approximate surface area is 180 Å². The van der Waals surface area contributed by atoms with Gasteiger partial charge in [-0.05, 0) is 31.2 Å². The normalized spacial score (nSPS) is 14.0. The third-order valence-corrected chi connectivity index (χ3v) is 5.88. The van der Waals surface area contributed by atoms with Gasteiger partial charge in [0.25, 0.3) is 0 Å². The number of aromatic nitrogens is 3. The van der Waals surface area contributed by atoms with Gasteiger partial charge in [0.15, 0.2) is 11.0 Å². The van der Waals surface area contributed by atoms with Crippen LogP contribution in [0, 0.1) is 6.92 Å². The number of para-hydroxylation sites is 1. The quantitative estimate of drug-likeness (QED) is 0.566. The molecule has 156 valence electrons. The second-order valence-corrected chi connectivity index (χ2v) is 7.90. The van der Waals surface area contributed by atoms with Crippen LogP contribution in [0.2, 0.25) is 0 Å². The molecule has 2 heterocycles. The Hall–Kier alpha value is -2.84.